The van der Waals surface area contributed by atoms with Gasteiger partial charge < -0.3 is 4.90 Å². The van der Waals surface area contributed by atoms with Crippen molar-refractivity contribution in [3.63, 3.8) is 0 Å². The third-order valence-corrected chi connectivity index (χ3v) is 4.65. The number of carbonyl (C=O) groups excluding carboxylic acids is 1. The molecule has 1 aromatic carbocycles. The number of nitrogens with zero attached hydrogens (tertiary/aromatic N) is 1. The largest absolute Gasteiger partial charge is 0.418 e. The number of carbonyl (C=O) groups is 1. The van der Waals surface area contributed by atoms with Gasteiger partial charge in [-0.25, -0.2) is 0 Å². The van der Waals surface area contributed by atoms with Gasteiger partial charge in [-0.05, 0) is 18.2 Å². The summed E-state index contributed by atoms with van der Waals surface area (Å²) in [5.74, 6) is -0.871. The normalized spacial score (nSPS) is 20.1. The summed E-state index contributed by atoms with van der Waals surface area (Å²) in [6.07, 6.45) is -5.40. The molecule has 21 heavy (non-hydrogen) atoms. The van der Waals surface area contributed by atoms with Gasteiger partial charge in [-0.1, -0.05) is 15.9 Å². The van der Waals surface area contributed by atoms with Crippen molar-refractivity contribution in [3.8, 4) is 0 Å². The highest BCUT2D eigenvalue weighted by Gasteiger charge is 2.43. The monoisotopic (exact) mass is 389 g/mol. The number of alkyl halides is 3. The summed E-state index contributed by atoms with van der Waals surface area (Å²) in [5.41, 5.74) is -1.58. The molecule has 1 aliphatic heterocycles. The maximum atomic E-state index is 12.9. The Morgan fingerprint density at radius 3 is 2.38 bits per heavy atom. The SMILES string of the molecule is O=C1CC(S(=O)(=O)F)CN1c1cc(Br)ccc1C(F)(F)F. The van der Waals surface area contributed by atoms with E-state index in [1.165, 1.54) is 0 Å². The molecule has 1 aromatic rings. The van der Waals surface area contributed by atoms with Gasteiger partial charge in [-0.2, -0.15) is 21.6 Å². The zero-order valence-electron chi connectivity index (χ0n) is 10.2. The van der Waals surface area contributed by atoms with Crippen LogP contribution in [0.5, 0.6) is 0 Å². The zero-order chi connectivity index (χ0) is 16.0. The van der Waals surface area contributed by atoms with E-state index in [4.69, 9.17) is 0 Å². The molecule has 0 radical (unpaired) electrons. The summed E-state index contributed by atoms with van der Waals surface area (Å²) in [6.45, 7) is -0.642. The minimum atomic E-state index is -4.99. The summed E-state index contributed by atoms with van der Waals surface area (Å²) < 4.78 is 73.7. The van der Waals surface area contributed by atoms with E-state index in [1.807, 2.05) is 0 Å². The Balaban J connectivity index is 2.48. The van der Waals surface area contributed by atoms with E-state index < -0.39 is 51.8 Å². The van der Waals surface area contributed by atoms with E-state index in [9.17, 15) is 30.3 Å². The maximum Gasteiger partial charge on any atom is 0.418 e. The van der Waals surface area contributed by atoms with Crippen LogP contribution in [-0.4, -0.2) is 26.1 Å². The quantitative estimate of drug-likeness (QED) is 0.577. The molecule has 1 atom stereocenters. The van der Waals surface area contributed by atoms with Crippen LogP contribution in [0.3, 0.4) is 0 Å². The fourth-order valence-corrected chi connectivity index (χ4v) is 3.08. The zero-order valence-corrected chi connectivity index (χ0v) is 12.6. The molecule has 10 heteroatoms. The Morgan fingerprint density at radius 2 is 1.90 bits per heavy atom. The number of rotatable bonds is 2. The van der Waals surface area contributed by atoms with Crippen LogP contribution in [0.4, 0.5) is 22.7 Å². The first-order valence-electron chi connectivity index (χ1n) is 5.60. The molecule has 0 saturated carbocycles. The van der Waals surface area contributed by atoms with Crippen molar-refractivity contribution in [1.29, 1.82) is 0 Å². The molecule has 1 amide bonds. The molecule has 1 unspecified atom stereocenters. The molecule has 0 N–H and O–H groups in total. The van der Waals surface area contributed by atoms with E-state index in [1.54, 1.807) is 0 Å². The standard InChI is InChI=1S/C11H8BrF4NO3S/c12-6-1-2-8(11(13,14)15)9(3-6)17-5-7(4-10(17)18)21(16,19)20/h1-3,7H,4-5H2. The molecule has 0 aliphatic carbocycles. The lowest BCUT2D eigenvalue weighted by atomic mass is 10.1. The number of hydrogen-bond donors (Lipinski definition) is 0. The molecule has 4 nitrogen and oxygen atoms in total. The smallest absolute Gasteiger partial charge is 0.310 e. The van der Waals surface area contributed by atoms with Crippen molar-refractivity contribution in [2.24, 2.45) is 0 Å². The van der Waals surface area contributed by atoms with Gasteiger partial charge in [0.25, 0.3) is 0 Å². The van der Waals surface area contributed by atoms with Crippen LogP contribution < -0.4 is 4.90 Å². The summed E-state index contributed by atoms with van der Waals surface area (Å²) >= 11 is 2.99. The predicted molar refractivity (Wildman–Crippen MR) is 69.9 cm³/mol. The summed E-state index contributed by atoms with van der Waals surface area (Å²) in [6, 6.07) is 2.97. The summed E-state index contributed by atoms with van der Waals surface area (Å²) in [4.78, 5) is 12.4. The van der Waals surface area contributed by atoms with E-state index >= 15 is 0 Å². The molecular weight excluding hydrogens is 382 g/mol. The number of halogens is 5. The number of hydrogen-bond acceptors (Lipinski definition) is 3. The molecule has 1 saturated heterocycles. The minimum Gasteiger partial charge on any atom is -0.310 e. The van der Waals surface area contributed by atoms with Crippen LogP contribution in [-0.2, 0) is 21.2 Å². The van der Waals surface area contributed by atoms with Crippen molar-refractivity contribution in [2.45, 2.75) is 17.8 Å². The first-order valence-corrected chi connectivity index (χ1v) is 7.84. The second-order valence-corrected chi connectivity index (χ2v) is 7.00. The van der Waals surface area contributed by atoms with Gasteiger partial charge >= 0.3 is 16.4 Å². The van der Waals surface area contributed by atoms with E-state index in [0.29, 0.717) is 4.90 Å². The van der Waals surface area contributed by atoms with Crippen LogP contribution in [0, 0.1) is 0 Å². The van der Waals surface area contributed by atoms with E-state index in [0.717, 1.165) is 18.2 Å². The molecule has 2 rings (SSSR count). The second-order valence-electron chi connectivity index (χ2n) is 4.47. The molecule has 0 spiro atoms. The molecular formula is C11H8BrF4NO3S. The molecule has 1 aliphatic rings. The van der Waals surface area contributed by atoms with Crippen molar-refractivity contribution < 1.29 is 30.3 Å². The summed E-state index contributed by atoms with van der Waals surface area (Å²) in [5, 5.41) is -1.65. The number of anilines is 1. The maximum absolute atomic E-state index is 12.9. The Labute approximate surface area is 126 Å². The molecule has 1 heterocycles. The predicted octanol–water partition coefficient (Wildman–Crippen LogP) is 2.87. The van der Waals surface area contributed by atoms with Crippen molar-refractivity contribution >= 4 is 37.7 Å². The number of benzene rings is 1. The van der Waals surface area contributed by atoms with Crippen LogP contribution in [0.15, 0.2) is 22.7 Å². The Bertz CT molecular complexity index is 689. The lowest BCUT2D eigenvalue weighted by Gasteiger charge is -2.21. The lowest BCUT2D eigenvalue weighted by Crippen LogP contribution is -2.29. The van der Waals surface area contributed by atoms with Crippen LogP contribution in [0.1, 0.15) is 12.0 Å². The third kappa shape index (κ3) is 3.37. The van der Waals surface area contributed by atoms with Crippen LogP contribution in [0.25, 0.3) is 0 Å². The molecule has 0 aromatic heterocycles. The van der Waals surface area contributed by atoms with Gasteiger partial charge in [0.05, 0.1) is 11.3 Å². The van der Waals surface area contributed by atoms with Crippen LogP contribution in [0.2, 0.25) is 0 Å². The van der Waals surface area contributed by atoms with Gasteiger partial charge in [-0.3, -0.25) is 4.79 Å². The molecule has 1 fully saturated rings. The fourth-order valence-electron chi connectivity index (χ4n) is 2.06. The van der Waals surface area contributed by atoms with Crippen molar-refractivity contribution in [1.82, 2.24) is 0 Å². The van der Waals surface area contributed by atoms with E-state index in [-0.39, 0.29) is 4.47 Å². The Morgan fingerprint density at radius 1 is 1.29 bits per heavy atom. The first-order chi connectivity index (χ1) is 9.50. The van der Waals surface area contributed by atoms with Crippen LogP contribution >= 0.6 is 15.9 Å². The van der Waals surface area contributed by atoms with Gasteiger partial charge in [-0.15, -0.1) is 3.89 Å². The Kier molecular flexibility index (Phi) is 4.04. The fraction of sp³-hybridized carbons (Fsp3) is 0.364. The highest BCUT2D eigenvalue weighted by molar-refractivity contribution is 9.10. The third-order valence-electron chi connectivity index (χ3n) is 3.04. The highest BCUT2D eigenvalue weighted by Crippen LogP contribution is 2.40. The van der Waals surface area contributed by atoms with Gasteiger partial charge in [0.1, 0.15) is 5.25 Å². The average Bonchev–Trinajstić information content (AvgIpc) is 2.69. The highest BCUT2D eigenvalue weighted by atomic mass is 79.9. The van der Waals surface area contributed by atoms with Crippen molar-refractivity contribution in [3.05, 3.63) is 28.2 Å². The van der Waals surface area contributed by atoms with Gasteiger partial charge in [0, 0.05) is 17.4 Å². The Hall–Kier alpha value is -1.16. The van der Waals surface area contributed by atoms with Crippen molar-refractivity contribution in [2.75, 3.05) is 11.4 Å². The van der Waals surface area contributed by atoms with Gasteiger partial charge in [0.15, 0.2) is 0 Å². The molecule has 116 valence electrons. The molecule has 0 bridgehead atoms. The number of amides is 1. The minimum absolute atomic E-state index is 0.282. The lowest BCUT2D eigenvalue weighted by molar-refractivity contribution is -0.137. The first kappa shape index (κ1) is 16.2. The summed E-state index contributed by atoms with van der Waals surface area (Å²) in [7, 11) is -4.99. The van der Waals surface area contributed by atoms with Gasteiger partial charge in [0.2, 0.25) is 5.91 Å². The van der Waals surface area contributed by atoms with E-state index in [2.05, 4.69) is 15.9 Å². The second kappa shape index (κ2) is 5.24. The average molecular weight is 390 g/mol. The topological polar surface area (TPSA) is 54.5 Å².